The van der Waals surface area contributed by atoms with Crippen LogP contribution in [0.5, 0.6) is 0 Å². The average molecular weight is 339 g/mol. The summed E-state index contributed by atoms with van der Waals surface area (Å²) >= 11 is 3.38. The Kier molecular flexibility index (Phi) is 5.22. The maximum absolute atomic E-state index is 12.1. The van der Waals surface area contributed by atoms with Crippen LogP contribution in [0.3, 0.4) is 0 Å². The molecule has 1 aromatic rings. The number of amides is 1. The molecule has 110 valence electrons. The molecule has 0 radical (unpaired) electrons. The van der Waals surface area contributed by atoms with Gasteiger partial charge < -0.3 is 5.32 Å². The molecular formula is C16H23BrN2O. The van der Waals surface area contributed by atoms with Crippen molar-refractivity contribution in [3.8, 4) is 0 Å². The smallest absolute Gasteiger partial charge is 0.251 e. The highest BCUT2D eigenvalue weighted by molar-refractivity contribution is 9.10. The minimum Gasteiger partial charge on any atom is -0.350 e. The third kappa shape index (κ3) is 4.06. The fourth-order valence-corrected chi connectivity index (χ4v) is 2.88. The minimum absolute atomic E-state index is 0.00239. The standard InChI is InChI=1S/C16H23BrN2O/c1-16(2,19-10-4-3-5-11-19)12-18-15(20)13-6-8-14(17)9-7-13/h6-9H,3-5,10-12H2,1-2H3,(H,18,20). The quantitative estimate of drug-likeness (QED) is 0.911. The van der Waals surface area contributed by atoms with Crippen LogP contribution < -0.4 is 5.32 Å². The summed E-state index contributed by atoms with van der Waals surface area (Å²) in [5.41, 5.74) is 0.730. The predicted octanol–water partition coefficient (Wildman–Crippen LogP) is 3.44. The van der Waals surface area contributed by atoms with Crippen LogP contribution in [0.4, 0.5) is 0 Å². The van der Waals surface area contributed by atoms with Crippen LogP contribution in [0, 0.1) is 0 Å². The molecule has 2 rings (SSSR count). The monoisotopic (exact) mass is 338 g/mol. The SMILES string of the molecule is CC(C)(CNC(=O)c1ccc(Br)cc1)N1CCCCC1. The Morgan fingerprint density at radius 3 is 2.40 bits per heavy atom. The number of hydrogen-bond donors (Lipinski definition) is 1. The number of halogens is 1. The lowest BCUT2D eigenvalue weighted by atomic mass is 9.98. The molecule has 1 amide bonds. The number of piperidine rings is 1. The maximum Gasteiger partial charge on any atom is 0.251 e. The van der Waals surface area contributed by atoms with Gasteiger partial charge in [-0.25, -0.2) is 0 Å². The van der Waals surface area contributed by atoms with Crippen LogP contribution in [0.2, 0.25) is 0 Å². The Labute approximate surface area is 129 Å². The molecule has 20 heavy (non-hydrogen) atoms. The van der Waals surface area contributed by atoms with Crippen LogP contribution in [0.15, 0.2) is 28.7 Å². The fourth-order valence-electron chi connectivity index (χ4n) is 2.61. The molecule has 3 nitrogen and oxygen atoms in total. The normalized spacial score (nSPS) is 16.9. The van der Waals surface area contributed by atoms with Crippen molar-refractivity contribution in [3.63, 3.8) is 0 Å². The number of likely N-dealkylation sites (tertiary alicyclic amines) is 1. The third-order valence-corrected chi connectivity index (χ3v) is 4.53. The molecule has 1 heterocycles. The zero-order valence-electron chi connectivity index (χ0n) is 12.3. The summed E-state index contributed by atoms with van der Waals surface area (Å²) in [5.74, 6) is 0.00239. The van der Waals surface area contributed by atoms with E-state index in [1.165, 1.54) is 19.3 Å². The highest BCUT2D eigenvalue weighted by Crippen LogP contribution is 2.20. The molecule has 1 saturated heterocycles. The molecule has 0 bridgehead atoms. The second-order valence-electron chi connectivity index (χ2n) is 6.05. The molecule has 4 heteroatoms. The van der Waals surface area contributed by atoms with E-state index in [2.05, 4.69) is 40.0 Å². The van der Waals surface area contributed by atoms with Gasteiger partial charge in [-0.2, -0.15) is 0 Å². The van der Waals surface area contributed by atoms with E-state index in [1.807, 2.05) is 24.3 Å². The van der Waals surface area contributed by atoms with Gasteiger partial charge in [-0.05, 0) is 64.0 Å². The third-order valence-electron chi connectivity index (χ3n) is 4.00. The number of nitrogens with one attached hydrogen (secondary N) is 1. The molecule has 1 aromatic carbocycles. The Morgan fingerprint density at radius 1 is 1.20 bits per heavy atom. The Bertz CT molecular complexity index is 450. The van der Waals surface area contributed by atoms with Crippen LogP contribution in [0.1, 0.15) is 43.5 Å². The first-order valence-corrected chi connectivity index (χ1v) is 8.07. The summed E-state index contributed by atoms with van der Waals surface area (Å²) in [5, 5.41) is 3.06. The van der Waals surface area contributed by atoms with Gasteiger partial charge in [0.1, 0.15) is 0 Å². The summed E-state index contributed by atoms with van der Waals surface area (Å²) in [7, 11) is 0. The molecular weight excluding hydrogens is 316 g/mol. The molecule has 1 N–H and O–H groups in total. The second-order valence-corrected chi connectivity index (χ2v) is 6.97. The van der Waals surface area contributed by atoms with Crippen LogP contribution in [-0.2, 0) is 0 Å². The van der Waals surface area contributed by atoms with E-state index in [4.69, 9.17) is 0 Å². The lowest BCUT2D eigenvalue weighted by Crippen LogP contribution is -2.53. The van der Waals surface area contributed by atoms with Crippen molar-refractivity contribution < 1.29 is 4.79 Å². The van der Waals surface area contributed by atoms with E-state index in [-0.39, 0.29) is 11.4 Å². The van der Waals surface area contributed by atoms with E-state index < -0.39 is 0 Å². The van der Waals surface area contributed by atoms with Gasteiger partial charge in [0.05, 0.1) is 0 Å². The van der Waals surface area contributed by atoms with Crippen molar-refractivity contribution in [1.29, 1.82) is 0 Å². The molecule has 0 unspecified atom stereocenters. The summed E-state index contributed by atoms with van der Waals surface area (Å²) in [6, 6.07) is 7.47. The van der Waals surface area contributed by atoms with E-state index in [9.17, 15) is 4.79 Å². The molecule has 0 aromatic heterocycles. The van der Waals surface area contributed by atoms with Gasteiger partial charge in [-0.3, -0.25) is 9.69 Å². The Hall–Kier alpha value is -0.870. The second kappa shape index (κ2) is 6.72. The van der Waals surface area contributed by atoms with E-state index in [0.717, 1.165) is 17.6 Å². The number of benzene rings is 1. The van der Waals surface area contributed by atoms with Gasteiger partial charge in [0.2, 0.25) is 0 Å². The van der Waals surface area contributed by atoms with Crippen molar-refractivity contribution in [3.05, 3.63) is 34.3 Å². The van der Waals surface area contributed by atoms with Crippen molar-refractivity contribution >= 4 is 21.8 Å². The van der Waals surface area contributed by atoms with E-state index in [0.29, 0.717) is 12.1 Å². The Balaban J connectivity index is 1.90. The molecule has 0 atom stereocenters. The zero-order valence-corrected chi connectivity index (χ0v) is 13.9. The first kappa shape index (κ1) is 15.5. The minimum atomic E-state index is 0.00239. The van der Waals surface area contributed by atoms with Gasteiger partial charge in [0.15, 0.2) is 0 Å². The highest BCUT2D eigenvalue weighted by atomic mass is 79.9. The average Bonchev–Trinajstić information content (AvgIpc) is 2.46. The number of carbonyl (C=O) groups is 1. The van der Waals surface area contributed by atoms with Crippen molar-refractivity contribution in [2.75, 3.05) is 19.6 Å². The molecule has 0 spiro atoms. The number of hydrogen-bond acceptors (Lipinski definition) is 2. The first-order valence-electron chi connectivity index (χ1n) is 7.28. The summed E-state index contributed by atoms with van der Waals surface area (Å²) in [6.07, 6.45) is 3.87. The molecule has 1 aliphatic heterocycles. The molecule has 0 saturated carbocycles. The maximum atomic E-state index is 12.1. The van der Waals surface area contributed by atoms with Gasteiger partial charge in [0, 0.05) is 22.1 Å². The summed E-state index contributed by atoms with van der Waals surface area (Å²) in [4.78, 5) is 14.6. The van der Waals surface area contributed by atoms with Gasteiger partial charge in [-0.1, -0.05) is 22.4 Å². The number of carbonyl (C=O) groups excluding carboxylic acids is 1. The van der Waals surface area contributed by atoms with Gasteiger partial charge in [0.25, 0.3) is 5.91 Å². The van der Waals surface area contributed by atoms with Crippen molar-refractivity contribution in [2.24, 2.45) is 0 Å². The number of rotatable bonds is 4. The largest absolute Gasteiger partial charge is 0.350 e. The molecule has 1 aliphatic rings. The summed E-state index contributed by atoms with van der Waals surface area (Å²) < 4.78 is 0.989. The lowest BCUT2D eigenvalue weighted by molar-refractivity contribution is 0.0797. The first-order chi connectivity index (χ1) is 9.49. The zero-order chi connectivity index (χ0) is 14.6. The topological polar surface area (TPSA) is 32.3 Å². The highest BCUT2D eigenvalue weighted by Gasteiger charge is 2.28. The molecule has 0 aliphatic carbocycles. The fraction of sp³-hybridized carbons (Fsp3) is 0.562. The van der Waals surface area contributed by atoms with Crippen LogP contribution in [-0.4, -0.2) is 36.0 Å². The predicted molar refractivity (Wildman–Crippen MR) is 86.0 cm³/mol. The summed E-state index contributed by atoms with van der Waals surface area (Å²) in [6.45, 7) is 7.38. The van der Waals surface area contributed by atoms with Crippen LogP contribution >= 0.6 is 15.9 Å². The van der Waals surface area contributed by atoms with E-state index in [1.54, 1.807) is 0 Å². The number of nitrogens with zero attached hydrogens (tertiary/aromatic N) is 1. The van der Waals surface area contributed by atoms with Crippen LogP contribution in [0.25, 0.3) is 0 Å². The lowest BCUT2D eigenvalue weighted by Gasteiger charge is -2.41. The van der Waals surface area contributed by atoms with E-state index >= 15 is 0 Å². The Morgan fingerprint density at radius 2 is 1.80 bits per heavy atom. The molecule has 1 fully saturated rings. The van der Waals surface area contributed by atoms with Crippen molar-refractivity contribution in [2.45, 2.75) is 38.6 Å². The van der Waals surface area contributed by atoms with Crippen molar-refractivity contribution in [1.82, 2.24) is 10.2 Å². The van der Waals surface area contributed by atoms with Gasteiger partial charge >= 0.3 is 0 Å². The van der Waals surface area contributed by atoms with Gasteiger partial charge in [-0.15, -0.1) is 0 Å².